The zero-order valence-corrected chi connectivity index (χ0v) is 9.17. The van der Waals surface area contributed by atoms with Crippen LogP contribution in [0.25, 0.3) is 0 Å². The van der Waals surface area contributed by atoms with Crippen molar-refractivity contribution in [1.82, 2.24) is 4.98 Å². The monoisotopic (exact) mass is 233 g/mol. The molecule has 0 saturated heterocycles. The maximum atomic E-state index is 12.6. The molecular formula is C11H14F3NO. The molecule has 0 unspecified atom stereocenters. The number of hydrogen-bond donors (Lipinski definition) is 1. The Morgan fingerprint density at radius 3 is 2.44 bits per heavy atom. The Morgan fingerprint density at radius 2 is 1.94 bits per heavy atom. The Kier molecular flexibility index (Phi) is 3.57. The number of rotatable bonds is 3. The first-order chi connectivity index (χ1) is 7.26. The molecule has 0 aliphatic heterocycles. The second-order valence-electron chi connectivity index (χ2n) is 4.51. The fourth-order valence-corrected chi connectivity index (χ4v) is 1.41. The summed E-state index contributed by atoms with van der Waals surface area (Å²) in [6.07, 6.45) is -3.17. The number of halogens is 3. The van der Waals surface area contributed by atoms with Gasteiger partial charge >= 0.3 is 6.18 Å². The predicted octanol–water partition coefficient (Wildman–Crippen LogP) is 2.66. The highest BCUT2D eigenvalue weighted by Crippen LogP contribution is 2.33. The second-order valence-corrected chi connectivity index (χ2v) is 4.51. The molecular weight excluding hydrogens is 219 g/mol. The van der Waals surface area contributed by atoms with Crippen LogP contribution in [-0.4, -0.2) is 16.7 Å². The lowest BCUT2D eigenvalue weighted by Crippen LogP contribution is -2.22. The molecule has 0 amide bonds. The molecule has 0 aliphatic rings. The molecule has 1 aromatic heterocycles. The van der Waals surface area contributed by atoms with E-state index in [1.165, 1.54) is 12.1 Å². The molecule has 1 aromatic rings. The Balaban J connectivity index is 3.06. The van der Waals surface area contributed by atoms with Gasteiger partial charge in [0.15, 0.2) is 0 Å². The summed E-state index contributed by atoms with van der Waals surface area (Å²) in [4.78, 5) is 3.36. The number of aromatic nitrogens is 1. The van der Waals surface area contributed by atoms with Crippen molar-refractivity contribution in [1.29, 1.82) is 0 Å². The molecule has 0 aliphatic carbocycles. The largest absolute Gasteiger partial charge is 0.433 e. The normalized spacial score (nSPS) is 12.9. The minimum absolute atomic E-state index is 0.119. The molecule has 1 heterocycles. The van der Waals surface area contributed by atoms with Crippen molar-refractivity contribution in [2.45, 2.75) is 26.4 Å². The lowest BCUT2D eigenvalue weighted by Gasteiger charge is -2.23. The molecule has 0 bridgehead atoms. The van der Waals surface area contributed by atoms with Gasteiger partial charge in [0.05, 0.1) is 0 Å². The van der Waals surface area contributed by atoms with Crippen LogP contribution < -0.4 is 0 Å². The number of aliphatic hydroxyl groups is 1. The van der Waals surface area contributed by atoms with Gasteiger partial charge in [0.1, 0.15) is 5.69 Å². The van der Waals surface area contributed by atoms with Gasteiger partial charge in [-0.25, -0.2) is 0 Å². The summed E-state index contributed by atoms with van der Waals surface area (Å²) in [6.45, 7) is 3.25. The van der Waals surface area contributed by atoms with E-state index < -0.39 is 17.3 Å². The van der Waals surface area contributed by atoms with Gasteiger partial charge in [-0.15, -0.1) is 0 Å². The lowest BCUT2D eigenvalue weighted by molar-refractivity contribution is -0.142. The average molecular weight is 233 g/mol. The summed E-state index contributed by atoms with van der Waals surface area (Å²) in [5, 5.41) is 9.05. The van der Waals surface area contributed by atoms with E-state index in [0.717, 1.165) is 6.20 Å². The van der Waals surface area contributed by atoms with E-state index in [-0.39, 0.29) is 18.6 Å². The highest BCUT2D eigenvalue weighted by molar-refractivity contribution is 5.23. The smallest absolute Gasteiger partial charge is 0.396 e. The van der Waals surface area contributed by atoms with Crippen LogP contribution in [0.15, 0.2) is 18.3 Å². The summed E-state index contributed by atoms with van der Waals surface area (Å²) >= 11 is 0. The van der Waals surface area contributed by atoms with Gasteiger partial charge in [-0.05, 0) is 23.5 Å². The van der Waals surface area contributed by atoms with E-state index in [0.29, 0.717) is 0 Å². The molecule has 0 saturated carbocycles. The van der Waals surface area contributed by atoms with Crippen LogP contribution in [0.2, 0.25) is 0 Å². The van der Waals surface area contributed by atoms with E-state index in [9.17, 15) is 13.2 Å². The molecule has 90 valence electrons. The summed E-state index contributed by atoms with van der Waals surface area (Å²) in [7, 11) is 0. The molecule has 16 heavy (non-hydrogen) atoms. The van der Waals surface area contributed by atoms with Gasteiger partial charge in [0.2, 0.25) is 0 Å². The Bertz CT molecular complexity index is 360. The van der Waals surface area contributed by atoms with Crippen molar-refractivity contribution < 1.29 is 18.3 Å². The van der Waals surface area contributed by atoms with Crippen molar-refractivity contribution >= 4 is 0 Å². The van der Waals surface area contributed by atoms with Crippen molar-refractivity contribution in [3.63, 3.8) is 0 Å². The highest BCUT2D eigenvalue weighted by atomic mass is 19.4. The molecule has 0 fully saturated rings. The van der Waals surface area contributed by atoms with Gasteiger partial charge in [-0.1, -0.05) is 19.9 Å². The van der Waals surface area contributed by atoms with E-state index in [2.05, 4.69) is 4.98 Å². The summed E-state index contributed by atoms with van der Waals surface area (Å²) < 4.78 is 37.8. The topological polar surface area (TPSA) is 33.1 Å². The summed E-state index contributed by atoms with van der Waals surface area (Å²) in [5.41, 5.74) is -1.33. The molecule has 0 spiro atoms. The number of nitrogens with zero attached hydrogens (tertiary/aromatic N) is 1. The average Bonchev–Trinajstić information content (AvgIpc) is 2.16. The molecule has 0 atom stereocenters. The van der Waals surface area contributed by atoms with Crippen LogP contribution in [0.4, 0.5) is 13.2 Å². The van der Waals surface area contributed by atoms with Gasteiger partial charge < -0.3 is 5.11 Å². The standard InChI is InChI=1S/C11H14F3NO/c1-10(2,7-16)6-8-4-3-5-15-9(8)11(12,13)14/h3-5,16H,6-7H2,1-2H3. The van der Waals surface area contributed by atoms with Gasteiger partial charge in [-0.2, -0.15) is 13.2 Å². The van der Waals surface area contributed by atoms with E-state index >= 15 is 0 Å². The molecule has 2 nitrogen and oxygen atoms in total. The number of pyridine rings is 1. The molecule has 1 N–H and O–H groups in total. The molecule has 0 aromatic carbocycles. The highest BCUT2D eigenvalue weighted by Gasteiger charge is 2.36. The first-order valence-corrected chi connectivity index (χ1v) is 4.88. The first-order valence-electron chi connectivity index (χ1n) is 4.88. The first kappa shape index (κ1) is 13.0. The third-order valence-corrected chi connectivity index (χ3v) is 2.26. The third-order valence-electron chi connectivity index (χ3n) is 2.26. The molecule has 5 heteroatoms. The van der Waals surface area contributed by atoms with E-state index in [1.54, 1.807) is 13.8 Å². The van der Waals surface area contributed by atoms with Crippen molar-refractivity contribution in [2.24, 2.45) is 5.41 Å². The minimum Gasteiger partial charge on any atom is -0.396 e. The predicted molar refractivity (Wildman–Crippen MR) is 53.8 cm³/mol. The zero-order valence-electron chi connectivity index (χ0n) is 9.17. The van der Waals surface area contributed by atoms with Crippen LogP contribution in [0.3, 0.4) is 0 Å². The number of aliphatic hydroxyl groups excluding tert-OH is 1. The zero-order chi connectivity index (χ0) is 12.4. The van der Waals surface area contributed by atoms with Crippen LogP contribution in [-0.2, 0) is 12.6 Å². The lowest BCUT2D eigenvalue weighted by atomic mass is 9.86. The second kappa shape index (κ2) is 4.41. The van der Waals surface area contributed by atoms with Crippen LogP contribution in [0.1, 0.15) is 25.1 Å². The van der Waals surface area contributed by atoms with Gasteiger partial charge in [-0.3, -0.25) is 4.98 Å². The fourth-order valence-electron chi connectivity index (χ4n) is 1.41. The molecule has 0 radical (unpaired) electrons. The summed E-state index contributed by atoms with van der Waals surface area (Å²) in [6, 6.07) is 2.87. The Labute approximate surface area is 92.1 Å². The number of hydrogen-bond acceptors (Lipinski definition) is 2. The fraction of sp³-hybridized carbons (Fsp3) is 0.545. The van der Waals surface area contributed by atoms with Crippen molar-refractivity contribution in [3.05, 3.63) is 29.6 Å². The van der Waals surface area contributed by atoms with E-state index in [4.69, 9.17) is 5.11 Å². The SMILES string of the molecule is CC(C)(CO)Cc1cccnc1C(F)(F)F. The van der Waals surface area contributed by atoms with Crippen LogP contribution in [0.5, 0.6) is 0 Å². The van der Waals surface area contributed by atoms with Crippen LogP contribution >= 0.6 is 0 Å². The van der Waals surface area contributed by atoms with Crippen molar-refractivity contribution in [3.8, 4) is 0 Å². The summed E-state index contributed by atoms with van der Waals surface area (Å²) in [5.74, 6) is 0. The van der Waals surface area contributed by atoms with Crippen LogP contribution in [0, 0.1) is 5.41 Å². The third kappa shape index (κ3) is 3.20. The maximum Gasteiger partial charge on any atom is 0.433 e. The quantitative estimate of drug-likeness (QED) is 0.870. The molecule has 1 rings (SSSR count). The van der Waals surface area contributed by atoms with Crippen molar-refractivity contribution in [2.75, 3.05) is 6.61 Å². The Morgan fingerprint density at radius 1 is 1.31 bits per heavy atom. The maximum absolute atomic E-state index is 12.6. The van der Waals surface area contributed by atoms with Gasteiger partial charge in [0.25, 0.3) is 0 Å². The Hall–Kier alpha value is -1.10. The number of alkyl halides is 3. The minimum atomic E-state index is -4.44. The van der Waals surface area contributed by atoms with Gasteiger partial charge in [0, 0.05) is 12.8 Å². The van der Waals surface area contributed by atoms with E-state index in [1.807, 2.05) is 0 Å².